The summed E-state index contributed by atoms with van der Waals surface area (Å²) in [7, 11) is 0. The van der Waals surface area contributed by atoms with Gasteiger partial charge in [0.1, 0.15) is 0 Å². The first-order valence-electron chi connectivity index (χ1n) is 15.7. The molecule has 214 valence electrons. The second-order valence-electron chi connectivity index (χ2n) is 12.6. The van der Waals surface area contributed by atoms with Gasteiger partial charge in [0.05, 0.1) is 6.61 Å². The van der Waals surface area contributed by atoms with Crippen LogP contribution in [0, 0.1) is 23.7 Å². The second-order valence-corrected chi connectivity index (χ2v) is 12.6. The summed E-state index contributed by atoms with van der Waals surface area (Å²) >= 11 is 0. The molecule has 0 bridgehead atoms. The number of ether oxygens (including phenoxy) is 1. The number of hydrogen-bond donors (Lipinski definition) is 1. The van der Waals surface area contributed by atoms with Crippen LogP contribution in [0.3, 0.4) is 0 Å². The van der Waals surface area contributed by atoms with E-state index in [4.69, 9.17) is 4.74 Å². The van der Waals surface area contributed by atoms with Crippen molar-refractivity contribution in [3.8, 4) is 0 Å². The van der Waals surface area contributed by atoms with Gasteiger partial charge in [0, 0.05) is 19.4 Å². The first-order valence-corrected chi connectivity index (χ1v) is 15.7. The van der Waals surface area contributed by atoms with Crippen LogP contribution in [0.15, 0.2) is 48.1 Å². The molecule has 4 unspecified atom stereocenters. The molecule has 4 nitrogen and oxygen atoms in total. The van der Waals surface area contributed by atoms with E-state index < -0.39 is 11.8 Å². The van der Waals surface area contributed by atoms with Gasteiger partial charge in [-0.3, -0.25) is 4.79 Å². The number of carbonyl (C=O) groups is 2. The summed E-state index contributed by atoms with van der Waals surface area (Å²) in [6.07, 6.45) is 23.4. The maximum absolute atomic E-state index is 11.4. The van der Waals surface area contributed by atoms with Crippen LogP contribution < -0.4 is 0 Å². The van der Waals surface area contributed by atoms with E-state index >= 15 is 0 Å². The van der Waals surface area contributed by atoms with Crippen LogP contribution in [0.4, 0.5) is 0 Å². The summed E-state index contributed by atoms with van der Waals surface area (Å²) in [6.45, 7) is 3.61. The lowest BCUT2D eigenvalue weighted by Gasteiger charge is -2.36. The Morgan fingerprint density at radius 1 is 0.949 bits per heavy atom. The number of unbranched alkanes of at least 4 members (excludes halogenated alkanes) is 2. The van der Waals surface area contributed by atoms with Crippen molar-refractivity contribution in [1.82, 2.24) is 0 Å². The van der Waals surface area contributed by atoms with E-state index in [1.165, 1.54) is 88.7 Å². The van der Waals surface area contributed by atoms with Gasteiger partial charge in [-0.2, -0.15) is 0 Å². The number of allylic oxidation sites excluding steroid dienone is 4. The summed E-state index contributed by atoms with van der Waals surface area (Å²) in [5, 5.41) is 9.64. The Morgan fingerprint density at radius 3 is 2.31 bits per heavy atom. The van der Waals surface area contributed by atoms with Crippen LogP contribution >= 0.6 is 0 Å². The van der Waals surface area contributed by atoms with Crippen LogP contribution in [0.2, 0.25) is 0 Å². The number of hydrogen-bond acceptors (Lipinski definition) is 4. The molecule has 39 heavy (non-hydrogen) atoms. The lowest BCUT2D eigenvalue weighted by molar-refractivity contribution is -0.154. The zero-order chi connectivity index (χ0) is 27.6. The minimum atomic E-state index is -0.803. The first-order chi connectivity index (χ1) is 19.0. The molecule has 1 N–H and O–H groups in total. The van der Waals surface area contributed by atoms with Crippen molar-refractivity contribution in [3.63, 3.8) is 0 Å². The van der Waals surface area contributed by atoms with Gasteiger partial charge >= 0.3 is 5.97 Å². The number of aliphatic hydroxyl groups excluding tert-OH is 1. The Balaban J connectivity index is 1.19. The number of aliphatic hydroxyl groups is 1. The third-order valence-electron chi connectivity index (χ3n) is 9.71. The lowest BCUT2D eigenvalue weighted by Crippen LogP contribution is -2.23. The highest BCUT2D eigenvalue weighted by atomic mass is 16.5. The van der Waals surface area contributed by atoms with Gasteiger partial charge < -0.3 is 9.84 Å². The summed E-state index contributed by atoms with van der Waals surface area (Å²) in [5.74, 6) is 1.98. The van der Waals surface area contributed by atoms with Gasteiger partial charge in [-0.15, -0.1) is 0 Å². The largest absolute Gasteiger partial charge is 0.460 e. The zero-order valence-electron chi connectivity index (χ0n) is 24.3. The molecular weight excluding hydrogens is 484 g/mol. The Hall–Kier alpha value is -2.20. The molecule has 0 spiro atoms. The predicted octanol–water partition coefficient (Wildman–Crippen LogP) is 8.06. The molecule has 3 aliphatic rings. The summed E-state index contributed by atoms with van der Waals surface area (Å²) < 4.78 is 5.02. The molecule has 4 atom stereocenters. The topological polar surface area (TPSA) is 63.6 Å². The SMILES string of the molecule is CCCCCC1=CC2CCC(c3ccc(C4CCC(CCC(CO)COC(=O)C(C)=O)CC4)cc3)CC2C=C1. The van der Waals surface area contributed by atoms with E-state index in [2.05, 4.69) is 49.4 Å². The molecule has 1 aromatic rings. The Bertz CT molecular complexity index is 982. The molecule has 0 saturated heterocycles. The fraction of sp³-hybridized carbons (Fsp3) is 0.657. The second kappa shape index (κ2) is 15.0. The number of esters is 1. The van der Waals surface area contributed by atoms with Gasteiger partial charge in [0.25, 0.3) is 0 Å². The number of carbonyl (C=O) groups excluding carboxylic acids is 2. The summed E-state index contributed by atoms with van der Waals surface area (Å²) in [6, 6.07) is 9.64. The first kappa shape index (κ1) is 29.8. The summed E-state index contributed by atoms with van der Waals surface area (Å²) in [4.78, 5) is 22.4. The number of Topliss-reactive ketones (excluding diaryl/α,β-unsaturated/α-hetero) is 1. The minimum absolute atomic E-state index is 0.0116. The number of fused-ring (bicyclic) bond motifs is 1. The van der Waals surface area contributed by atoms with Crippen molar-refractivity contribution >= 4 is 11.8 Å². The molecule has 0 aromatic heterocycles. The van der Waals surface area contributed by atoms with E-state index in [-0.39, 0.29) is 19.1 Å². The number of rotatable bonds is 13. The van der Waals surface area contributed by atoms with Gasteiger partial charge in [0.2, 0.25) is 5.78 Å². The van der Waals surface area contributed by atoms with E-state index in [1.807, 2.05) is 0 Å². The van der Waals surface area contributed by atoms with Crippen molar-refractivity contribution in [1.29, 1.82) is 0 Å². The predicted molar refractivity (Wildman–Crippen MR) is 158 cm³/mol. The average molecular weight is 535 g/mol. The van der Waals surface area contributed by atoms with E-state index in [0.29, 0.717) is 23.7 Å². The third kappa shape index (κ3) is 8.64. The Kier molecular flexibility index (Phi) is 11.4. The maximum Gasteiger partial charge on any atom is 0.374 e. The molecular formula is C35H50O4. The standard InChI is InChI=1S/C35H50O4/c1-3-4-5-6-27-11-14-34-22-33(20-19-32(34)21-27)31-17-15-30(16-18-31)29-12-9-26(10-13-29)7-8-28(23-36)24-39-35(38)25(2)37/h11,14-18,21,26,28-29,32-34,36H,3-10,12-13,19-20,22-24H2,1-2H3. The van der Waals surface area contributed by atoms with Crippen LogP contribution in [0.5, 0.6) is 0 Å². The molecule has 1 aromatic carbocycles. The van der Waals surface area contributed by atoms with Crippen molar-refractivity contribution in [2.75, 3.05) is 13.2 Å². The van der Waals surface area contributed by atoms with E-state index in [1.54, 1.807) is 5.57 Å². The average Bonchev–Trinajstić information content (AvgIpc) is 2.97. The van der Waals surface area contributed by atoms with Gasteiger partial charge in [-0.25, -0.2) is 4.79 Å². The molecule has 0 amide bonds. The monoisotopic (exact) mass is 534 g/mol. The lowest BCUT2D eigenvalue weighted by atomic mass is 9.69. The number of benzene rings is 1. The van der Waals surface area contributed by atoms with E-state index in [0.717, 1.165) is 18.8 Å². The van der Waals surface area contributed by atoms with Crippen LogP contribution in [0.1, 0.15) is 120 Å². The van der Waals surface area contributed by atoms with Crippen LogP contribution in [0.25, 0.3) is 0 Å². The molecule has 2 saturated carbocycles. The highest BCUT2D eigenvalue weighted by Gasteiger charge is 2.30. The van der Waals surface area contributed by atoms with Crippen molar-refractivity contribution in [2.45, 2.75) is 109 Å². The van der Waals surface area contributed by atoms with Crippen molar-refractivity contribution in [3.05, 3.63) is 59.2 Å². The fourth-order valence-electron chi connectivity index (χ4n) is 7.10. The maximum atomic E-state index is 11.4. The molecule has 0 radical (unpaired) electrons. The zero-order valence-corrected chi connectivity index (χ0v) is 24.3. The van der Waals surface area contributed by atoms with E-state index in [9.17, 15) is 14.7 Å². The smallest absolute Gasteiger partial charge is 0.374 e. The Morgan fingerprint density at radius 2 is 1.64 bits per heavy atom. The fourth-order valence-corrected chi connectivity index (χ4v) is 7.10. The van der Waals surface area contributed by atoms with Gasteiger partial charge in [-0.1, -0.05) is 67.8 Å². The van der Waals surface area contributed by atoms with Crippen molar-refractivity contribution in [2.24, 2.45) is 23.7 Å². The molecule has 4 heteroatoms. The van der Waals surface area contributed by atoms with Crippen LogP contribution in [-0.2, 0) is 14.3 Å². The highest BCUT2D eigenvalue weighted by Crippen LogP contribution is 2.44. The molecule has 0 aliphatic heterocycles. The summed E-state index contributed by atoms with van der Waals surface area (Å²) in [5.41, 5.74) is 4.59. The normalized spacial score (nSPS) is 27.4. The van der Waals surface area contributed by atoms with Crippen molar-refractivity contribution < 1.29 is 19.4 Å². The highest BCUT2D eigenvalue weighted by molar-refractivity contribution is 6.32. The molecule has 3 aliphatic carbocycles. The molecule has 0 heterocycles. The number of ketones is 1. The molecule has 2 fully saturated rings. The van der Waals surface area contributed by atoms with Gasteiger partial charge in [-0.05, 0) is 111 Å². The quantitative estimate of drug-likeness (QED) is 0.158. The third-order valence-corrected chi connectivity index (χ3v) is 9.71. The Labute approximate surface area is 236 Å². The van der Waals surface area contributed by atoms with Crippen LogP contribution in [-0.4, -0.2) is 30.1 Å². The van der Waals surface area contributed by atoms with Gasteiger partial charge in [0.15, 0.2) is 0 Å². The minimum Gasteiger partial charge on any atom is -0.460 e. The molecule has 4 rings (SSSR count).